The molecule has 0 bridgehead atoms. The number of hydrogen-bond donors (Lipinski definition) is 1. The van der Waals surface area contributed by atoms with E-state index in [2.05, 4.69) is 0 Å². The fourth-order valence-electron chi connectivity index (χ4n) is 1.50. The van der Waals surface area contributed by atoms with Crippen LogP contribution in [-0.2, 0) is 10.0 Å². The third kappa shape index (κ3) is 3.02. The van der Waals surface area contributed by atoms with Crippen molar-refractivity contribution in [2.75, 3.05) is 13.1 Å². The van der Waals surface area contributed by atoms with Gasteiger partial charge in [0.05, 0.1) is 4.90 Å². The lowest BCUT2D eigenvalue weighted by Crippen LogP contribution is -2.30. The Balaban J connectivity index is 3.12. The molecule has 0 aromatic heterocycles. The van der Waals surface area contributed by atoms with Crippen LogP contribution in [0.3, 0.4) is 0 Å². The summed E-state index contributed by atoms with van der Waals surface area (Å²) in [7, 11) is -3.39. The molecule has 17 heavy (non-hydrogen) atoms. The molecule has 0 spiro atoms. The van der Waals surface area contributed by atoms with E-state index < -0.39 is 10.0 Å². The van der Waals surface area contributed by atoms with Crippen LogP contribution in [0.5, 0.6) is 0 Å². The van der Waals surface area contributed by atoms with Crippen molar-refractivity contribution in [1.29, 1.82) is 0 Å². The molecular formula is C11H16N2O2S2. The Morgan fingerprint density at radius 3 is 2.06 bits per heavy atom. The first kappa shape index (κ1) is 14.1. The van der Waals surface area contributed by atoms with E-state index in [4.69, 9.17) is 18.0 Å². The molecular weight excluding hydrogens is 256 g/mol. The standard InChI is InChI=1S/C11H16N2O2S2/c1-3-13(4-2)17(14,15)10-7-5-9(6-8-10)11(12)16/h5-8H,3-4H2,1-2H3,(H2,12,16). The van der Waals surface area contributed by atoms with Crippen LogP contribution in [0.15, 0.2) is 29.2 Å². The Morgan fingerprint density at radius 2 is 1.71 bits per heavy atom. The van der Waals surface area contributed by atoms with Crippen LogP contribution in [-0.4, -0.2) is 30.8 Å². The molecule has 1 rings (SSSR count). The van der Waals surface area contributed by atoms with Crippen LogP contribution >= 0.6 is 12.2 Å². The molecule has 0 saturated carbocycles. The van der Waals surface area contributed by atoms with E-state index >= 15 is 0 Å². The highest BCUT2D eigenvalue weighted by atomic mass is 32.2. The number of sulfonamides is 1. The van der Waals surface area contributed by atoms with Gasteiger partial charge in [0.15, 0.2) is 0 Å². The minimum absolute atomic E-state index is 0.261. The Hall–Kier alpha value is -0.980. The van der Waals surface area contributed by atoms with Gasteiger partial charge in [-0.15, -0.1) is 0 Å². The van der Waals surface area contributed by atoms with Gasteiger partial charge >= 0.3 is 0 Å². The lowest BCUT2D eigenvalue weighted by Gasteiger charge is -2.18. The highest BCUT2D eigenvalue weighted by molar-refractivity contribution is 7.89. The second kappa shape index (κ2) is 5.57. The molecule has 2 N–H and O–H groups in total. The monoisotopic (exact) mass is 272 g/mol. The van der Waals surface area contributed by atoms with E-state index in [9.17, 15) is 8.42 Å². The second-order valence-electron chi connectivity index (χ2n) is 3.48. The molecule has 4 nitrogen and oxygen atoms in total. The number of nitrogens with zero attached hydrogens (tertiary/aromatic N) is 1. The summed E-state index contributed by atoms with van der Waals surface area (Å²) in [4.78, 5) is 0.526. The predicted octanol–water partition coefficient (Wildman–Crippen LogP) is 1.35. The van der Waals surface area contributed by atoms with Crippen LogP contribution in [0, 0.1) is 0 Å². The van der Waals surface area contributed by atoms with Gasteiger partial charge in [-0.2, -0.15) is 4.31 Å². The largest absolute Gasteiger partial charge is 0.389 e. The van der Waals surface area contributed by atoms with Crippen molar-refractivity contribution in [2.24, 2.45) is 5.73 Å². The van der Waals surface area contributed by atoms with Crippen LogP contribution in [0.25, 0.3) is 0 Å². The maximum Gasteiger partial charge on any atom is 0.243 e. The van der Waals surface area contributed by atoms with Gasteiger partial charge in [0.2, 0.25) is 10.0 Å². The highest BCUT2D eigenvalue weighted by Gasteiger charge is 2.21. The van der Waals surface area contributed by atoms with E-state index in [1.165, 1.54) is 16.4 Å². The van der Waals surface area contributed by atoms with Crippen molar-refractivity contribution in [3.8, 4) is 0 Å². The Labute approximate surface area is 107 Å². The van der Waals surface area contributed by atoms with Gasteiger partial charge in [-0.05, 0) is 12.1 Å². The summed E-state index contributed by atoms with van der Waals surface area (Å²) in [6.07, 6.45) is 0. The smallest absolute Gasteiger partial charge is 0.243 e. The van der Waals surface area contributed by atoms with Gasteiger partial charge in [0.25, 0.3) is 0 Å². The molecule has 6 heteroatoms. The second-order valence-corrected chi connectivity index (χ2v) is 5.86. The van der Waals surface area contributed by atoms with Crippen LogP contribution in [0.4, 0.5) is 0 Å². The van der Waals surface area contributed by atoms with Crippen molar-refractivity contribution < 1.29 is 8.42 Å². The Morgan fingerprint density at radius 1 is 1.24 bits per heavy atom. The summed E-state index contributed by atoms with van der Waals surface area (Å²) in [5, 5.41) is 0. The lowest BCUT2D eigenvalue weighted by molar-refractivity contribution is 0.445. The highest BCUT2D eigenvalue weighted by Crippen LogP contribution is 2.16. The maximum absolute atomic E-state index is 12.1. The quantitative estimate of drug-likeness (QED) is 0.822. The number of hydrogen-bond acceptors (Lipinski definition) is 3. The molecule has 0 aliphatic heterocycles. The zero-order valence-electron chi connectivity index (χ0n) is 9.88. The predicted molar refractivity (Wildman–Crippen MR) is 72.4 cm³/mol. The fraction of sp³-hybridized carbons (Fsp3) is 0.364. The average molecular weight is 272 g/mol. The first-order valence-corrected chi connectivity index (χ1v) is 7.18. The summed E-state index contributed by atoms with van der Waals surface area (Å²) in [6.45, 7) is 4.53. The molecule has 0 unspecified atom stereocenters. The van der Waals surface area contributed by atoms with E-state index in [1.54, 1.807) is 12.1 Å². The van der Waals surface area contributed by atoms with Gasteiger partial charge in [0, 0.05) is 18.7 Å². The van der Waals surface area contributed by atoms with Crippen molar-refractivity contribution in [1.82, 2.24) is 4.31 Å². The molecule has 94 valence electrons. The molecule has 0 fully saturated rings. The number of nitrogens with two attached hydrogens (primary N) is 1. The van der Waals surface area contributed by atoms with Gasteiger partial charge < -0.3 is 5.73 Å². The third-order valence-corrected chi connectivity index (χ3v) is 4.78. The first-order chi connectivity index (χ1) is 7.93. The zero-order valence-corrected chi connectivity index (χ0v) is 11.5. The summed E-state index contributed by atoms with van der Waals surface area (Å²) in [5.74, 6) is 0. The third-order valence-electron chi connectivity index (χ3n) is 2.48. The maximum atomic E-state index is 12.1. The van der Waals surface area contributed by atoms with Gasteiger partial charge in [-0.3, -0.25) is 0 Å². The van der Waals surface area contributed by atoms with E-state index in [1.807, 2.05) is 13.8 Å². The van der Waals surface area contributed by atoms with Gasteiger partial charge in [-0.1, -0.05) is 38.2 Å². The molecule has 0 aliphatic carbocycles. The number of benzene rings is 1. The van der Waals surface area contributed by atoms with Crippen molar-refractivity contribution in [3.05, 3.63) is 29.8 Å². The summed E-state index contributed by atoms with van der Waals surface area (Å²) < 4.78 is 25.7. The zero-order chi connectivity index (χ0) is 13.1. The molecule has 0 heterocycles. The molecule has 0 amide bonds. The Bertz CT molecular complexity index is 491. The van der Waals surface area contributed by atoms with Crippen molar-refractivity contribution in [2.45, 2.75) is 18.7 Å². The first-order valence-electron chi connectivity index (χ1n) is 5.33. The normalized spacial score (nSPS) is 11.7. The fourth-order valence-corrected chi connectivity index (χ4v) is 3.10. The minimum Gasteiger partial charge on any atom is -0.389 e. The average Bonchev–Trinajstić information content (AvgIpc) is 2.30. The van der Waals surface area contributed by atoms with Gasteiger partial charge in [-0.25, -0.2) is 8.42 Å². The molecule has 0 radical (unpaired) electrons. The van der Waals surface area contributed by atoms with Crippen LogP contribution < -0.4 is 5.73 Å². The molecule has 0 atom stereocenters. The van der Waals surface area contributed by atoms with Gasteiger partial charge in [0.1, 0.15) is 4.99 Å². The minimum atomic E-state index is -3.39. The number of rotatable bonds is 5. The van der Waals surface area contributed by atoms with Crippen LogP contribution in [0.2, 0.25) is 0 Å². The van der Waals surface area contributed by atoms with Crippen molar-refractivity contribution >= 4 is 27.2 Å². The molecule has 1 aromatic carbocycles. The van der Waals surface area contributed by atoms with E-state index in [0.29, 0.717) is 18.7 Å². The molecule has 0 saturated heterocycles. The summed E-state index contributed by atoms with van der Waals surface area (Å²) >= 11 is 4.81. The van der Waals surface area contributed by atoms with E-state index in [0.717, 1.165) is 0 Å². The van der Waals surface area contributed by atoms with E-state index in [-0.39, 0.29) is 9.88 Å². The van der Waals surface area contributed by atoms with Crippen LogP contribution in [0.1, 0.15) is 19.4 Å². The lowest BCUT2D eigenvalue weighted by atomic mass is 10.2. The van der Waals surface area contributed by atoms with Crippen molar-refractivity contribution in [3.63, 3.8) is 0 Å². The topological polar surface area (TPSA) is 63.4 Å². The molecule has 0 aliphatic rings. The Kier molecular flexibility index (Phi) is 4.62. The summed E-state index contributed by atoms with van der Waals surface area (Å²) in [5.41, 5.74) is 6.12. The SMILES string of the molecule is CCN(CC)S(=O)(=O)c1ccc(C(N)=S)cc1. The number of thiocarbonyl (C=S) groups is 1. The summed E-state index contributed by atoms with van der Waals surface area (Å²) in [6, 6.07) is 6.31. The molecule has 1 aromatic rings.